The number of nitrogens with one attached hydrogen (secondary N) is 1. The lowest BCUT2D eigenvalue weighted by Crippen LogP contribution is -2.45. The largest absolute Gasteiger partial charge is 0.493 e. The van der Waals surface area contributed by atoms with Gasteiger partial charge >= 0.3 is 0 Å². The third kappa shape index (κ3) is 4.87. The van der Waals surface area contributed by atoms with E-state index in [9.17, 15) is 17.6 Å². The van der Waals surface area contributed by atoms with Crippen LogP contribution in [0.2, 0.25) is 0 Å². The summed E-state index contributed by atoms with van der Waals surface area (Å²) in [5.41, 5.74) is 6.75. The summed E-state index contributed by atoms with van der Waals surface area (Å²) in [5.74, 6) is 0.375. The average molecular weight is 567 g/mol. The van der Waals surface area contributed by atoms with E-state index >= 15 is 0 Å². The number of hydrogen-bond donors (Lipinski definition) is 2. The molecule has 3 aliphatic carbocycles. The topological polar surface area (TPSA) is 134 Å². The summed E-state index contributed by atoms with van der Waals surface area (Å²) in [6.45, 7) is 4.42. The van der Waals surface area contributed by atoms with Crippen LogP contribution in [-0.2, 0) is 10.0 Å². The van der Waals surface area contributed by atoms with Crippen molar-refractivity contribution in [3.05, 3.63) is 59.9 Å². The van der Waals surface area contributed by atoms with Gasteiger partial charge in [-0.3, -0.25) is 4.79 Å². The molecular formula is C29H31FN4O5S. The molecule has 210 valence electrons. The van der Waals surface area contributed by atoms with Crippen molar-refractivity contribution < 1.29 is 27.1 Å². The summed E-state index contributed by atoms with van der Waals surface area (Å²) in [4.78, 5) is 21.7. The average Bonchev–Trinajstić information content (AvgIpc) is 3.55. The Balaban J connectivity index is 1.32. The van der Waals surface area contributed by atoms with Gasteiger partial charge in [0.2, 0.25) is 5.88 Å². The zero-order valence-electron chi connectivity index (χ0n) is 22.3. The van der Waals surface area contributed by atoms with Gasteiger partial charge in [-0.25, -0.2) is 19.1 Å². The molecule has 1 spiro atoms. The zero-order chi connectivity index (χ0) is 28.2. The molecule has 9 nitrogen and oxygen atoms in total. The molecule has 3 saturated carbocycles. The molecule has 2 aromatic heterocycles. The number of anilines is 1. The Morgan fingerprint density at radius 1 is 1.15 bits per heavy atom. The number of amides is 1. The second-order valence-corrected chi connectivity index (χ2v) is 13.1. The van der Waals surface area contributed by atoms with E-state index in [4.69, 9.17) is 15.2 Å². The van der Waals surface area contributed by atoms with Gasteiger partial charge in [0, 0.05) is 17.5 Å². The number of ether oxygens (including phenoxy) is 2. The van der Waals surface area contributed by atoms with Crippen molar-refractivity contribution in [2.45, 2.75) is 50.7 Å². The number of rotatable bonds is 9. The molecule has 11 heteroatoms. The third-order valence-electron chi connectivity index (χ3n) is 8.24. The van der Waals surface area contributed by atoms with E-state index < -0.39 is 21.7 Å². The number of nitrogen functional groups attached to an aromatic ring is 1. The van der Waals surface area contributed by atoms with Crippen molar-refractivity contribution in [3.8, 4) is 22.9 Å². The van der Waals surface area contributed by atoms with Crippen molar-refractivity contribution in [1.82, 2.24) is 14.7 Å². The summed E-state index contributed by atoms with van der Waals surface area (Å²) in [5, 5.41) is -0.381. The number of sulfonamides is 1. The van der Waals surface area contributed by atoms with Crippen LogP contribution in [-0.4, -0.2) is 37.0 Å². The predicted octanol–water partition coefficient (Wildman–Crippen LogP) is 4.59. The van der Waals surface area contributed by atoms with Gasteiger partial charge < -0.3 is 15.2 Å². The van der Waals surface area contributed by atoms with Crippen LogP contribution in [0.25, 0.3) is 11.3 Å². The van der Waals surface area contributed by atoms with Crippen LogP contribution in [0.5, 0.6) is 11.6 Å². The molecule has 4 atom stereocenters. The molecular weight excluding hydrogens is 535 g/mol. The fourth-order valence-electron chi connectivity index (χ4n) is 6.22. The molecule has 2 heterocycles. The number of benzene rings is 1. The number of nitrogens with two attached hydrogens (primary N) is 1. The van der Waals surface area contributed by atoms with E-state index in [0.717, 1.165) is 18.8 Å². The zero-order valence-corrected chi connectivity index (χ0v) is 23.1. The lowest BCUT2D eigenvalue weighted by Gasteiger charge is -2.43. The molecule has 0 radical (unpaired) electrons. The highest BCUT2D eigenvalue weighted by Crippen LogP contribution is 2.76. The van der Waals surface area contributed by atoms with E-state index in [1.165, 1.54) is 55.3 Å². The van der Waals surface area contributed by atoms with Gasteiger partial charge in [-0.1, -0.05) is 19.9 Å². The highest BCUT2D eigenvalue weighted by atomic mass is 32.2. The molecule has 1 amide bonds. The minimum absolute atomic E-state index is 0.00333. The number of hydrogen-bond acceptors (Lipinski definition) is 8. The Labute approximate surface area is 232 Å². The minimum Gasteiger partial charge on any atom is -0.493 e. The van der Waals surface area contributed by atoms with Crippen LogP contribution in [0.4, 0.5) is 10.2 Å². The summed E-state index contributed by atoms with van der Waals surface area (Å²) in [7, 11) is -4.31. The van der Waals surface area contributed by atoms with Gasteiger partial charge in [0.1, 0.15) is 29.1 Å². The highest BCUT2D eigenvalue weighted by molar-refractivity contribution is 7.90. The van der Waals surface area contributed by atoms with Crippen LogP contribution in [0.15, 0.2) is 53.6 Å². The Morgan fingerprint density at radius 3 is 2.70 bits per heavy atom. The molecule has 0 aliphatic heterocycles. The van der Waals surface area contributed by atoms with Crippen molar-refractivity contribution in [3.63, 3.8) is 0 Å². The maximum absolute atomic E-state index is 14.5. The Hall–Kier alpha value is -3.73. The summed E-state index contributed by atoms with van der Waals surface area (Å²) in [6, 6.07) is 11.4. The van der Waals surface area contributed by atoms with Crippen molar-refractivity contribution in [1.29, 1.82) is 0 Å². The smallest absolute Gasteiger partial charge is 0.281 e. The van der Waals surface area contributed by atoms with E-state index in [1.54, 1.807) is 6.07 Å². The predicted molar refractivity (Wildman–Crippen MR) is 146 cm³/mol. The minimum atomic E-state index is -4.31. The maximum Gasteiger partial charge on any atom is 0.281 e. The van der Waals surface area contributed by atoms with Gasteiger partial charge in [-0.2, -0.15) is 8.42 Å². The van der Waals surface area contributed by atoms with Crippen LogP contribution in [0, 0.1) is 29.0 Å². The van der Waals surface area contributed by atoms with Crippen molar-refractivity contribution in [2.75, 3.05) is 12.3 Å². The van der Waals surface area contributed by atoms with Gasteiger partial charge in [0.05, 0.1) is 12.3 Å². The molecule has 0 saturated heterocycles. The highest BCUT2D eigenvalue weighted by Gasteiger charge is 2.72. The first-order chi connectivity index (χ1) is 19.0. The van der Waals surface area contributed by atoms with E-state index in [-0.39, 0.29) is 34.3 Å². The number of carbonyl (C=O) groups is 1. The molecule has 3 N–H and O–H groups in total. The van der Waals surface area contributed by atoms with Crippen LogP contribution in [0.1, 0.15) is 49.9 Å². The van der Waals surface area contributed by atoms with E-state index in [1.807, 2.05) is 18.6 Å². The second kappa shape index (κ2) is 9.72. The SMILES string of the molecule is CC(C)COc1cc(F)cc(-c2ccc(C(=O)NS(=O)(=O)c3cccc(N)n3)c(OC3CC45C[C@@H]4CCC35)n2)c1. The number of halogens is 1. The summed E-state index contributed by atoms with van der Waals surface area (Å²) in [6.07, 6.45) is 4.22. The first kappa shape index (κ1) is 26.5. The number of nitrogens with zero attached hydrogens (tertiary/aromatic N) is 2. The van der Waals surface area contributed by atoms with Crippen molar-refractivity contribution >= 4 is 21.7 Å². The normalized spacial score (nSPS) is 24.6. The standard InChI is InChI=1S/C29H31FN4O5S/c1-16(2)15-38-20-11-17(10-19(30)12-20)23-9-7-21(27(35)34-40(36,37)26-5-3-4-25(31)33-26)28(32-23)39-24-14-29-13-18(29)6-8-22(24)29/h3-5,7,9-12,16,18,22,24H,6,8,13-15H2,1-2H3,(H2,31,33)(H,34,35)/t18-,22?,24?,29?/m0/s1. The summed E-state index contributed by atoms with van der Waals surface area (Å²) >= 11 is 0. The van der Waals surface area contributed by atoms with E-state index in [2.05, 4.69) is 9.97 Å². The summed E-state index contributed by atoms with van der Waals surface area (Å²) < 4.78 is 54.3. The second-order valence-electron chi connectivity index (χ2n) is 11.4. The quantitative estimate of drug-likeness (QED) is 0.384. The fraction of sp³-hybridized carbons (Fsp3) is 0.414. The molecule has 3 aliphatic rings. The number of aromatic nitrogens is 2. The van der Waals surface area contributed by atoms with Crippen LogP contribution >= 0.6 is 0 Å². The maximum atomic E-state index is 14.5. The van der Waals surface area contributed by atoms with E-state index in [0.29, 0.717) is 34.9 Å². The molecule has 3 aromatic rings. The Bertz CT molecular complexity index is 1590. The first-order valence-corrected chi connectivity index (χ1v) is 14.9. The molecule has 40 heavy (non-hydrogen) atoms. The molecule has 0 bridgehead atoms. The monoisotopic (exact) mass is 566 g/mol. The number of carbonyl (C=O) groups excluding carboxylic acids is 1. The fourth-order valence-corrected chi connectivity index (χ4v) is 7.17. The Morgan fingerprint density at radius 2 is 1.98 bits per heavy atom. The lowest BCUT2D eigenvalue weighted by atomic mass is 9.68. The van der Waals surface area contributed by atoms with Gasteiger partial charge in [0.25, 0.3) is 15.9 Å². The molecule has 3 fully saturated rings. The van der Waals surface area contributed by atoms with Gasteiger partial charge in [-0.05, 0) is 79.3 Å². The van der Waals surface area contributed by atoms with Gasteiger partial charge in [-0.15, -0.1) is 0 Å². The Kier molecular flexibility index (Phi) is 6.44. The van der Waals surface area contributed by atoms with Crippen molar-refractivity contribution in [2.24, 2.45) is 23.2 Å². The lowest BCUT2D eigenvalue weighted by molar-refractivity contribution is -0.0250. The molecule has 1 aromatic carbocycles. The van der Waals surface area contributed by atoms with Crippen LogP contribution in [0.3, 0.4) is 0 Å². The first-order valence-electron chi connectivity index (χ1n) is 13.5. The molecule has 6 rings (SSSR count). The van der Waals surface area contributed by atoms with Crippen LogP contribution < -0.4 is 19.9 Å². The molecule has 3 unspecified atom stereocenters. The third-order valence-corrected chi connectivity index (χ3v) is 9.47. The number of pyridine rings is 2. The van der Waals surface area contributed by atoms with Gasteiger partial charge in [0.15, 0.2) is 5.03 Å².